The van der Waals surface area contributed by atoms with Gasteiger partial charge < -0.3 is 10.6 Å². The summed E-state index contributed by atoms with van der Waals surface area (Å²) in [5, 5.41) is 8.23. The van der Waals surface area contributed by atoms with Crippen molar-refractivity contribution < 1.29 is 9.59 Å². The van der Waals surface area contributed by atoms with Crippen LogP contribution in [0.5, 0.6) is 0 Å². The molecular weight excluding hydrogens is 426 g/mol. The van der Waals surface area contributed by atoms with Crippen LogP contribution in [0.25, 0.3) is 11.3 Å². The number of aromatic nitrogens is 1. The second-order valence-electron chi connectivity index (χ2n) is 7.45. The number of carbonyl (C=O) groups excluding carboxylic acids is 2. The zero-order valence-corrected chi connectivity index (χ0v) is 19.8. The summed E-state index contributed by atoms with van der Waals surface area (Å²) in [5.41, 5.74) is 6.05. The van der Waals surface area contributed by atoms with Gasteiger partial charge >= 0.3 is 0 Å². The predicted octanol–water partition coefficient (Wildman–Crippen LogP) is 5.23. The van der Waals surface area contributed by atoms with Gasteiger partial charge in [0.25, 0.3) is 5.91 Å². The number of hydrogen-bond acceptors (Lipinski definition) is 5. The number of benzene rings is 2. The number of aryl methyl sites for hydroxylation is 3. The van der Waals surface area contributed by atoms with Gasteiger partial charge in [-0.05, 0) is 74.1 Å². The summed E-state index contributed by atoms with van der Waals surface area (Å²) >= 11 is 3.02. The quantitative estimate of drug-likeness (QED) is 0.490. The molecule has 1 heterocycles. The highest BCUT2D eigenvalue weighted by Gasteiger charge is 2.22. The molecule has 2 aromatic carbocycles. The maximum Gasteiger partial charge on any atom is 0.251 e. The highest BCUT2D eigenvalue weighted by atomic mass is 32.2. The van der Waals surface area contributed by atoms with Crippen LogP contribution in [0.3, 0.4) is 0 Å². The highest BCUT2D eigenvalue weighted by molar-refractivity contribution is 7.98. The molecule has 31 heavy (non-hydrogen) atoms. The number of thioether (sulfide) groups is 1. The van der Waals surface area contributed by atoms with Crippen LogP contribution in [-0.4, -0.2) is 34.8 Å². The van der Waals surface area contributed by atoms with E-state index in [1.54, 1.807) is 36.0 Å². The van der Waals surface area contributed by atoms with E-state index in [2.05, 4.69) is 48.5 Å². The summed E-state index contributed by atoms with van der Waals surface area (Å²) in [5.74, 6) is 0.251. The molecule has 3 rings (SSSR count). The van der Waals surface area contributed by atoms with Crippen LogP contribution in [0.1, 0.15) is 33.5 Å². The molecule has 0 saturated heterocycles. The van der Waals surface area contributed by atoms with Crippen LogP contribution >= 0.6 is 23.1 Å². The Morgan fingerprint density at radius 2 is 1.77 bits per heavy atom. The van der Waals surface area contributed by atoms with Crippen molar-refractivity contribution in [2.75, 3.05) is 17.3 Å². The summed E-state index contributed by atoms with van der Waals surface area (Å²) in [6.07, 6.45) is 2.52. The van der Waals surface area contributed by atoms with Gasteiger partial charge in [-0.1, -0.05) is 24.3 Å². The minimum Gasteiger partial charge on any atom is -0.340 e. The molecule has 162 valence electrons. The second kappa shape index (κ2) is 10.6. The minimum atomic E-state index is -0.629. The molecule has 3 aromatic rings. The van der Waals surface area contributed by atoms with Gasteiger partial charge in [0.15, 0.2) is 5.13 Å². The molecule has 0 saturated carbocycles. The molecule has 5 nitrogen and oxygen atoms in total. The Balaban J connectivity index is 1.73. The molecule has 0 spiro atoms. The average Bonchev–Trinajstić information content (AvgIpc) is 3.22. The van der Waals surface area contributed by atoms with Gasteiger partial charge in [-0.25, -0.2) is 4.98 Å². The lowest BCUT2D eigenvalue weighted by Gasteiger charge is -2.17. The van der Waals surface area contributed by atoms with E-state index in [1.807, 2.05) is 17.7 Å². The molecule has 2 amide bonds. The smallest absolute Gasteiger partial charge is 0.251 e. The average molecular weight is 454 g/mol. The number of rotatable bonds is 8. The van der Waals surface area contributed by atoms with Crippen LogP contribution < -0.4 is 10.6 Å². The number of amides is 2. The van der Waals surface area contributed by atoms with E-state index in [9.17, 15) is 9.59 Å². The lowest BCUT2D eigenvalue weighted by molar-refractivity contribution is -0.118. The summed E-state index contributed by atoms with van der Waals surface area (Å²) in [6.45, 7) is 6.24. The molecule has 0 fully saturated rings. The van der Waals surface area contributed by atoms with Crippen LogP contribution in [0.15, 0.2) is 47.8 Å². The molecule has 1 aromatic heterocycles. The summed E-state index contributed by atoms with van der Waals surface area (Å²) in [7, 11) is 0. The summed E-state index contributed by atoms with van der Waals surface area (Å²) in [4.78, 5) is 30.1. The van der Waals surface area contributed by atoms with Crippen LogP contribution in [0.2, 0.25) is 0 Å². The molecule has 0 aliphatic carbocycles. The maximum absolute atomic E-state index is 12.9. The molecule has 0 aliphatic heterocycles. The Hall–Kier alpha value is -2.64. The summed E-state index contributed by atoms with van der Waals surface area (Å²) in [6, 6.07) is 12.6. The molecule has 0 aliphatic rings. The molecule has 1 atom stereocenters. The van der Waals surface area contributed by atoms with E-state index >= 15 is 0 Å². The zero-order chi connectivity index (χ0) is 22.4. The Labute approximate surface area is 191 Å². The number of carbonyl (C=O) groups is 2. The lowest BCUT2D eigenvalue weighted by Crippen LogP contribution is -2.44. The van der Waals surface area contributed by atoms with Crippen LogP contribution in [0.4, 0.5) is 5.13 Å². The number of thiazole rings is 1. The fourth-order valence-corrected chi connectivity index (χ4v) is 4.40. The van der Waals surface area contributed by atoms with Gasteiger partial charge in [0.05, 0.1) is 5.69 Å². The Kier molecular flexibility index (Phi) is 7.87. The zero-order valence-electron chi connectivity index (χ0n) is 18.2. The highest BCUT2D eigenvalue weighted by Crippen LogP contribution is 2.29. The van der Waals surface area contributed by atoms with E-state index < -0.39 is 6.04 Å². The van der Waals surface area contributed by atoms with Crippen molar-refractivity contribution in [3.8, 4) is 11.3 Å². The fourth-order valence-electron chi connectivity index (χ4n) is 3.22. The molecule has 2 N–H and O–H groups in total. The van der Waals surface area contributed by atoms with Crippen molar-refractivity contribution in [1.29, 1.82) is 0 Å². The van der Waals surface area contributed by atoms with Crippen molar-refractivity contribution >= 4 is 40.0 Å². The first-order valence-electron chi connectivity index (χ1n) is 10.1. The third-order valence-corrected chi connectivity index (χ3v) is 6.52. The van der Waals surface area contributed by atoms with E-state index in [0.29, 0.717) is 17.1 Å². The maximum atomic E-state index is 12.9. The Morgan fingerprint density at radius 1 is 1.06 bits per heavy atom. The first-order valence-corrected chi connectivity index (χ1v) is 12.4. The fraction of sp³-hybridized carbons (Fsp3) is 0.292. The third-order valence-electron chi connectivity index (χ3n) is 5.12. The SMILES string of the molecule is CSCCC(NC(=O)c1ccccc1)C(=O)Nc1nc(-c2cc(C)c(C)cc2C)cs1. The van der Waals surface area contributed by atoms with Gasteiger partial charge in [0, 0.05) is 16.5 Å². The van der Waals surface area contributed by atoms with Crippen molar-refractivity contribution in [3.63, 3.8) is 0 Å². The van der Waals surface area contributed by atoms with Gasteiger partial charge in [-0.3, -0.25) is 9.59 Å². The van der Waals surface area contributed by atoms with Crippen LogP contribution in [0, 0.1) is 20.8 Å². The van der Waals surface area contributed by atoms with Crippen molar-refractivity contribution in [3.05, 3.63) is 70.1 Å². The standard InChI is InChI=1S/C24H27N3O2S2/c1-15-12-17(3)19(13-16(15)2)21-14-31-24(26-21)27-23(29)20(10-11-30-4)25-22(28)18-8-6-5-7-9-18/h5-9,12-14,20H,10-11H2,1-4H3,(H,25,28)(H,26,27,29). The second-order valence-corrected chi connectivity index (χ2v) is 9.30. The van der Waals surface area contributed by atoms with Gasteiger partial charge in [-0.15, -0.1) is 11.3 Å². The first kappa shape index (κ1) is 23.0. The van der Waals surface area contributed by atoms with Gasteiger partial charge in [0.1, 0.15) is 6.04 Å². The lowest BCUT2D eigenvalue weighted by atomic mass is 9.99. The predicted molar refractivity (Wildman–Crippen MR) is 131 cm³/mol. The normalized spacial score (nSPS) is 11.7. The molecule has 0 bridgehead atoms. The largest absolute Gasteiger partial charge is 0.340 e. The topological polar surface area (TPSA) is 71.1 Å². The van der Waals surface area contributed by atoms with E-state index in [0.717, 1.165) is 22.6 Å². The van der Waals surface area contributed by atoms with Crippen molar-refractivity contribution in [1.82, 2.24) is 10.3 Å². The molecule has 1 unspecified atom stereocenters. The summed E-state index contributed by atoms with van der Waals surface area (Å²) < 4.78 is 0. The Morgan fingerprint density at radius 3 is 2.48 bits per heavy atom. The van der Waals surface area contributed by atoms with Crippen molar-refractivity contribution in [2.45, 2.75) is 33.2 Å². The minimum absolute atomic E-state index is 0.254. The monoisotopic (exact) mass is 453 g/mol. The first-order chi connectivity index (χ1) is 14.9. The number of nitrogens with one attached hydrogen (secondary N) is 2. The number of nitrogens with zero attached hydrogens (tertiary/aromatic N) is 1. The number of hydrogen-bond donors (Lipinski definition) is 2. The molecule has 7 heteroatoms. The van der Waals surface area contributed by atoms with Crippen molar-refractivity contribution in [2.24, 2.45) is 0 Å². The van der Waals surface area contributed by atoms with E-state index in [-0.39, 0.29) is 11.8 Å². The van der Waals surface area contributed by atoms with Gasteiger partial charge in [-0.2, -0.15) is 11.8 Å². The van der Waals surface area contributed by atoms with E-state index in [1.165, 1.54) is 22.5 Å². The third kappa shape index (κ3) is 5.95. The van der Waals surface area contributed by atoms with E-state index in [4.69, 9.17) is 0 Å². The van der Waals surface area contributed by atoms with Gasteiger partial charge in [0.2, 0.25) is 5.91 Å². The number of anilines is 1. The molecular formula is C24H27N3O2S2. The van der Waals surface area contributed by atoms with Crippen LogP contribution in [-0.2, 0) is 4.79 Å². The Bertz CT molecular complexity index is 1060. The molecule has 0 radical (unpaired) electrons.